The maximum Gasteiger partial charge on any atom is 0.433 e. The van der Waals surface area contributed by atoms with Gasteiger partial charge < -0.3 is 14.7 Å². The number of benzene rings is 1. The molecule has 1 aromatic carbocycles. The average Bonchev–Trinajstić information content (AvgIpc) is 3.30. The lowest BCUT2D eigenvalue weighted by Gasteiger charge is -2.41. The zero-order valence-corrected chi connectivity index (χ0v) is 18.7. The molecule has 0 bridgehead atoms. The molecule has 1 aliphatic carbocycles. The summed E-state index contributed by atoms with van der Waals surface area (Å²) < 4.78 is 40.3. The van der Waals surface area contributed by atoms with Crippen molar-refractivity contribution in [1.29, 1.82) is 0 Å². The summed E-state index contributed by atoms with van der Waals surface area (Å²) in [4.78, 5) is 6.76. The molecule has 0 amide bonds. The molecule has 1 aromatic heterocycles. The highest BCUT2D eigenvalue weighted by Crippen LogP contribution is 2.41. The second kappa shape index (κ2) is 8.17. The Hall–Kier alpha value is -3.42. The summed E-state index contributed by atoms with van der Waals surface area (Å²) in [6, 6.07) is 8.53. The first-order chi connectivity index (χ1) is 15.8. The first-order valence-electron chi connectivity index (χ1n) is 11.0. The third-order valence-corrected chi connectivity index (χ3v) is 6.52. The molecule has 0 saturated carbocycles. The molecule has 172 valence electrons. The second-order valence-corrected chi connectivity index (χ2v) is 8.68. The minimum Gasteiger partial charge on any atom is -0.368 e. The number of likely N-dealkylation sites (N-methyl/N-ethyl adjacent to an activating group) is 1. The van der Waals surface area contributed by atoms with E-state index in [4.69, 9.17) is 0 Å². The lowest BCUT2D eigenvalue weighted by atomic mass is 9.88. The Labute approximate surface area is 191 Å². The summed E-state index contributed by atoms with van der Waals surface area (Å²) in [5, 5.41) is 5.80. The van der Waals surface area contributed by atoms with Crippen LogP contribution in [-0.4, -0.2) is 53.2 Å². The van der Waals surface area contributed by atoms with Crippen molar-refractivity contribution in [3.8, 4) is 0 Å². The van der Waals surface area contributed by atoms with Crippen LogP contribution in [0, 0.1) is 6.92 Å². The van der Waals surface area contributed by atoms with Crippen LogP contribution in [0.1, 0.15) is 23.2 Å². The lowest BCUT2D eigenvalue weighted by molar-refractivity contribution is -0.141. The van der Waals surface area contributed by atoms with Gasteiger partial charge in [0.25, 0.3) is 0 Å². The van der Waals surface area contributed by atoms with E-state index in [1.54, 1.807) is 6.08 Å². The Morgan fingerprint density at radius 1 is 1.03 bits per heavy atom. The van der Waals surface area contributed by atoms with Crippen molar-refractivity contribution in [3.05, 3.63) is 88.7 Å². The van der Waals surface area contributed by atoms with Gasteiger partial charge in [0.1, 0.15) is 5.69 Å². The molecule has 2 aliphatic heterocycles. The molecule has 3 aliphatic rings. The standard InChI is InChI=1S/C25H26F3N5/c1-17-4-3-5-19(14-17)32-10-12-33(13-11-32)23-8-9-31(2)22-7-6-18(15-20(22)23)21-16-29-30-24(21)25(26,27)28/h3-9,14,16H,10-13,15H2,1-2H3,(H,29,30). The van der Waals surface area contributed by atoms with E-state index >= 15 is 0 Å². The summed E-state index contributed by atoms with van der Waals surface area (Å²) >= 11 is 0. The van der Waals surface area contributed by atoms with Gasteiger partial charge in [-0.25, -0.2) is 0 Å². The van der Waals surface area contributed by atoms with Gasteiger partial charge in [-0.15, -0.1) is 0 Å². The van der Waals surface area contributed by atoms with Crippen LogP contribution in [0.4, 0.5) is 18.9 Å². The van der Waals surface area contributed by atoms with Gasteiger partial charge in [-0.2, -0.15) is 18.3 Å². The molecular formula is C25H26F3N5. The van der Waals surface area contributed by atoms with Crippen LogP contribution < -0.4 is 4.90 Å². The molecule has 5 rings (SSSR count). The quantitative estimate of drug-likeness (QED) is 0.714. The van der Waals surface area contributed by atoms with E-state index in [-0.39, 0.29) is 5.56 Å². The van der Waals surface area contributed by atoms with E-state index in [9.17, 15) is 13.2 Å². The summed E-state index contributed by atoms with van der Waals surface area (Å²) in [5.74, 6) is 0. The molecule has 8 heteroatoms. The molecule has 1 N–H and O–H groups in total. The molecule has 1 fully saturated rings. The molecular weight excluding hydrogens is 427 g/mol. The number of rotatable bonds is 3. The van der Waals surface area contributed by atoms with E-state index in [2.05, 4.69) is 57.3 Å². The fourth-order valence-corrected chi connectivity index (χ4v) is 4.79. The van der Waals surface area contributed by atoms with Gasteiger partial charge in [0.05, 0.1) is 6.20 Å². The zero-order chi connectivity index (χ0) is 23.2. The molecule has 0 atom stereocenters. The third kappa shape index (κ3) is 4.05. The highest BCUT2D eigenvalue weighted by Gasteiger charge is 2.37. The van der Waals surface area contributed by atoms with Crippen LogP contribution in [0.25, 0.3) is 5.57 Å². The number of anilines is 1. The fraction of sp³-hybridized carbons (Fsp3) is 0.320. The molecule has 3 heterocycles. The van der Waals surface area contributed by atoms with Crippen molar-refractivity contribution in [2.24, 2.45) is 0 Å². The second-order valence-electron chi connectivity index (χ2n) is 8.68. The minimum absolute atomic E-state index is 0.117. The molecule has 0 radical (unpaired) electrons. The lowest BCUT2D eigenvalue weighted by Crippen LogP contribution is -2.46. The van der Waals surface area contributed by atoms with E-state index in [1.807, 2.05) is 24.2 Å². The summed E-state index contributed by atoms with van der Waals surface area (Å²) in [5.41, 5.74) is 5.58. The average molecular weight is 454 g/mol. The Morgan fingerprint density at radius 3 is 2.52 bits per heavy atom. The maximum atomic E-state index is 13.4. The van der Waals surface area contributed by atoms with Crippen LogP contribution in [0.5, 0.6) is 0 Å². The number of allylic oxidation sites excluding steroid dienone is 5. The van der Waals surface area contributed by atoms with Gasteiger partial charge >= 0.3 is 6.18 Å². The maximum absolute atomic E-state index is 13.4. The molecule has 1 saturated heterocycles. The van der Waals surface area contributed by atoms with Gasteiger partial charge in [0, 0.05) is 74.1 Å². The Morgan fingerprint density at radius 2 is 1.79 bits per heavy atom. The van der Waals surface area contributed by atoms with Gasteiger partial charge in [0.15, 0.2) is 0 Å². The normalized spacial score (nSPS) is 19.0. The van der Waals surface area contributed by atoms with Crippen LogP contribution in [0.2, 0.25) is 0 Å². The Kier molecular flexibility index (Phi) is 5.31. The van der Waals surface area contributed by atoms with Crippen molar-refractivity contribution >= 4 is 11.3 Å². The van der Waals surface area contributed by atoms with Crippen molar-refractivity contribution in [3.63, 3.8) is 0 Å². The number of piperazine rings is 1. The first kappa shape index (κ1) is 21.4. The minimum atomic E-state index is -4.47. The summed E-state index contributed by atoms with van der Waals surface area (Å²) in [6.45, 7) is 5.60. The number of H-pyrrole nitrogens is 1. The highest BCUT2D eigenvalue weighted by atomic mass is 19.4. The number of nitrogens with one attached hydrogen (secondary N) is 1. The zero-order valence-electron chi connectivity index (χ0n) is 18.7. The number of fused-ring (bicyclic) bond motifs is 1. The van der Waals surface area contributed by atoms with Crippen LogP contribution in [0.3, 0.4) is 0 Å². The first-order valence-corrected chi connectivity index (χ1v) is 11.0. The monoisotopic (exact) mass is 453 g/mol. The number of aryl methyl sites for hydroxylation is 1. The van der Waals surface area contributed by atoms with Crippen molar-refractivity contribution < 1.29 is 13.2 Å². The highest BCUT2D eigenvalue weighted by molar-refractivity contribution is 5.75. The number of hydrogen-bond donors (Lipinski definition) is 1. The third-order valence-electron chi connectivity index (χ3n) is 6.52. The number of halogens is 3. The van der Waals surface area contributed by atoms with Crippen molar-refractivity contribution in [2.75, 3.05) is 38.1 Å². The number of hydrogen-bond acceptors (Lipinski definition) is 4. The Bertz CT molecular complexity index is 1180. The van der Waals surface area contributed by atoms with Crippen molar-refractivity contribution in [1.82, 2.24) is 20.0 Å². The van der Waals surface area contributed by atoms with Gasteiger partial charge in [0.2, 0.25) is 0 Å². The van der Waals surface area contributed by atoms with E-state index in [0.717, 1.165) is 43.1 Å². The summed E-state index contributed by atoms with van der Waals surface area (Å²) in [7, 11) is 1.96. The smallest absolute Gasteiger partial charge is 0.368 e. The topological polar surface area (TPSA) is 38.4 Å². The molecule has 0 spiro atoms. The predicted molar refractivity (Wildman–Crippen MR) is 123 cm³/mol. The SMILES string of the molecule is Cc1cccc(N2CCN(C3=C4CC(c5cn[nH]c5C(F)(F)F)=CC=C4N(C)C=C3)CC2)c1. The van der Waals surface area contributed by atoms with E-state index in [0.29, 0.717) is 12.0 Å². The van der Waals surface area contributed by atoms with Crippen molar-refractivity contribution in [2.45, 2.75) is 19.5 Å². The number of aromatic nitrogens is 2. The van der Waals surface area contributed by atoms with E-state index < -0.39 is 11.9 Å². The molecule has 2 aromatic rings. The number of alkyl halides is 3. The van der Waals surface area contributed by atoms with Crippen LogP contribution in [0.15, 0.2) is 71.9 Å². The number of nitrogens with zero attached hydrogens (tertiary/aromatic N) is 4. The Balaban J connectivity index is 1.41. The van der Waals surface area contributed by atoms with E-state index in [1.165, 1.54) is 17.4 Å². The van der Waals surface area contributed by atoms with Gasteiger partial charge in [-0.1, -0.05) is 18.2 Å². The van der Waals surface area contributed by atoms with Crippen LogP contribution >= 0.6 is 0 Å². The van der Waals surface area contributed by atoms with Crippen LogP contribution in [-0.2, 0) is 6.18 Å². The van der Waals surface area contributed by atoms with Gasteiger partial charge in [-0.3, -0.25) is 5.10 Å². The molecule has 33 heavy (non-hydrogen) atoms. The number of aromatic amines is 1. The molecule has 0 unspecified atom stereocenters. The molecule has 5 nitrogen and oxygen atoms in total. The largest absolute Gasteiger partial charge is 0.433 e. The fourth-order valence-electron chi connectivity index (χ4n) is 4.79. The summed E-state index contributed by atoms with van der Waals surface area (Å²) in [6.07, 6.45) is 5.03. The predicted octanol–water partition coefficient (Wildman–Crippen LogP) is 4.94. The van der Waals surface area contributed by atoms with Gasteiger partial charge in [-0.05, 0) is 42.3 Å².